The zero-order chi connectivity index (χ0) is 13.4. The van der Waals surface area contributed by atoms with Crippen LogP contribution in [0.3, 0.4) is 0 Å². The summed E-state index contributed by atoms with van der Waals surface area (Å²) in [5.41, 5.74) is 1.57. The van der Waals surface area contributed by atoms with Crippen molar-refractivity contribution in [1.29, 1.82) is 0 Å². The highest BCUT2D eigenvalue weighted by atomic mass is 16.2. The molecule has 0 aromatic carbocycles. The zero-order valence-electron chi connectivity index (χ0n) is 11.1. The number of nitrogens with zero attached hydrogens (tertiary/aromatic N) is 3. The zero-order valence-corrected chi connectivity index (χ0v) is 11.1. The van der Waals surface area contributed by atoms with Crippen molar-refractivity contribution in [3.05, 3.63) is 17.5 Å². The minimum atomic E-state index is -0.0358. The minimum Gasteiger partial charge on any atom is -0.339 e. The third-order valence-corrected chi connectivity index (χ3v) is 3.85. The van der Waals surface area contributed by atoms with Crippen LogP contribution in [0, 0.1) is 0 Å². The molecule has 1 aromatic heterocycles. The maximum absolute atomic E-state index is 12.3. The second-order valence-electron chi connectivity index (χ2n) is 5.28. The van der Waals surface area contributed by atoms with Gasteiger partial charge in [-0.25, -0.2) is 0 Å². The molecule has 0 radical (unpaired) electrons. The second kappa shape index (κ2) is 4.68. The molecule has 1 saturated heterocycles. The Morgan fingerprint density at radius 1 is 1.21 bits per heavy atom. The summed E-state index contributed by atoms with van der Waals surface area (Å²) in [6.07, 6.45) is 2.38. The lowest BCUT2D eigenvalue weighted by atomic mass is 10.2. The maximum atomic E-state index is 12.3. The van der Waals surface area contributed by atoms with E-state index in [1.807, 2.05) is 6.07 Å². The van der Waals surface area contributed by atoms with Crippen molar-refractivity contribution < 1.29 is 9.59 Å². The van der Waals surface area contributed by atoms with E-state index < -0.39 is 0 Å². The molecule has 2 aliphatic rings. The monoisotopic (exact) mass is 262 g/mol. The molecule has 19 heavy (non-hydrogen) atoms. The van der Waals surface area contributed by atoms with E-state index in [1.54, 1.807) is 16.7 Å². The predicted molar refractivity (Wildman–Crippen MR) is 68.7 cm³/mol. The fourth-order valence-electron chi connectivity index (χ4n) is 2.44. The molecule has 1 saturated carbocycles. The molecule has 0 bridgehead atoms. The average molecular weight is 262 g/mol. The molecule has 0 spiro atoms. The minimum absolute atomic E-state index is 0.0358. The molecule has 2 amide bonds. The van der Waals surface area contributed by atoms with Gasteiger partial charge < -0.3 is 9.80 Å². The van der Waals surface area contributed by atoms with Gasteiger partial charge in [-0.1, -0.05) is 0 Å². The Hall–Kier alpha value is -1.85. The Kier molecular flexibility index (Phi) is 3.00. The fourth-order valence-corrected chi connectivity index (χ4v) is 2.44. The van der Waals surface area contributed by atoms with Crippen LogP contribution >= 0.6 is 0 Å². The number of amides is 2. The maximum Gasteiger partial charge on any atom is 0.274 e. The number of hydrogen-bond donors (Lipinski definition) is 1. The Labute approximate surface area is 111 Å². The fraction of sp³-hybridized carbons (Fsp3) is 0.615. The summed E-state index contributed by atoms with van der Waals surface area (Å²) in [6, 6.07) is 1.87. The highest BCUT2D eigenvalue weighted by Crippen LogP contribution is 2.39. The van der Waals surface area contributed by atoms with Crippen molar-refractivity contribution in [3.63, 3.8) is 0 Å². The Morgan fingerprint density at radius 2 is 1.84 bits per heavy atom. The van der Waals surface area contributed by atoms with E-state index in [0.29, 0.717) is 37.8 Å². The van der Waals surface area contributed by atoms with Crippen LogP contribution in [0.4, 0.5) is 0 Å². The molecule has 1 aromatic rings. The summed E-state index contributed by atoms with van der Waals surface area (Å²) in [6.45, 7) is 3.96. The summed E-state index contributed by atoms with van der Waals surface area (Å²) < 4.78 is 0. The van der Waals surface area contributed by atoms with E-state index in [-0.39, 0.29) is 11.8 Å². The molecule has 1 aliphatic heterocycles. The van der Waals surface area contributed by atoms with Gasteiger partial charge in [-0.15, -0.1) is 0 Å². The van der Waals surface area contributed by atoms with Crippen molar-refractivity contribution in [3.8, 4) is 0 Å². The van der Waals surface area contributed by atoms with Crippen LogP contribution in [-0.4, -0.2) is 58.0 Å². The first-order chi connectivity index (χ1) is 9.15. The van der Waals surface area contributed by atoms with Crippen LogP contribution in [0.1, 0.15) is 41.9 Å². The van der Waals surface area contributed by atoms with E-state index in [1.165, 1.54) is 12.8 Å². The molecule has 1 N–H and O–H groups in total. The summed E-state index contributed by atoms with van der Waals surface area (Å²) in [5.74, 6) is 0.609. The highest BCUT2D eigenvalue weighted by Gasteiger charge is 2.28. The number of aromatic nitrogens is 2. The number of piperazine rings is 1. The van der Waals surface area contributed by atoms with Crippen molar-refractivity contribution in [2.45, 2.75) is 25.7 Å². The van der Waals surface area contributed by atoms with Crippen molar-refractivity contribution in [1.82, 2.24) is 20.0 Å². The third kappa shape index (κ3) is 2.47. The van der Waals surface area contributed by atoms with Gasteiger partial charge in [0.15, 0.2) is 0 Å². The van der Waals surface area contributed by atoms with Crippen molar-refractivity contribution >= 4 is 11.8 Å². The summed E-state index contributed by atoms with van der Waals surface area (Å²) in [5, 5.41) is 7.06. The normalized spacial score (nSPS) is 19.6. The highest BCUT2D eigenvalue weighted by molar-refractivity contribution is 5.92. The largest absolute Gasteiger partial charge is 0.339 e. The van der Waals surface area contributed by atoms with Crippen LogP contribution in [0.25, 0.3) is 0 Å². The SMILES string of the molecule is CC(=O)N1CCN(C(=O)c2cc(C3CC3)[nH]n2)CC1. The topological polar surface area (TPSA) is 69.3 Å². The van der Waals surface area contributed by atoms with Gasteiger partial charge >= 0.3 is 0 Å². The standard InChI is InChI=1S/C13H18N4O2/c1-9(18)16-4-6-17(7-5-16)13(19)12-8-11(14-15-12)10-2-3-10/h8,10H,2-7H2,1H3,(H,14,15). The number of rotatable bonds is 2. The molecule has 2 heterocycles. The van der Waals surface area contributed by atoms with E-state index in [4.69, 9.17) is 0 Å². The molecule has 102 valence electrons. The molecule has 6 heteroatoms. The smallest absolute Gasteiger partial charge is 0.274 e. The van der Waals surface area contributed by atoms with Gasteiger partial charge in [0, 0.05) is 44.7 Å². The van der Waals surface area contributed by atoms with Crippen LogP contribution in [0.5, 0.6) is 0 Å². The molecule has 2 fully saturated rings. The molecule has 6 nitrogen and oxygen atoms in total. The van der Waals surface area contributed by atoms with Gasteiger partial charge in [0.1, 0.15) is 5.69 Å². The van der Waals surface area contributed by atoms with E-state index >= 15 is 0 Å². The van der Waals surface area contributed by atoms with Gasteiger partial charge in [0.2, 0.25) is 5.91 Å². The Bertz CT molecular complexity index is 498. The lowest BCUT2D eigenvalue weighted by molar-refractivity contribution is -0.130. The van der Waals surface area contributed by atoms with Crippen LogP contribution in [0.15, 0.2) is 6.07 Å². The number of nitrogens with one attached hydrogen (secondary N) is 1. The molecular formula is C13H18N4O2. The van der Waals surface area contributed by atoms with E-state index in [9.17, 15) is 9.59 Å². The van der Waals surface area contributed by atoms with Crippen LogP contribution in [-0.2, 0) is 4.79 Å². The summed E-state index contributed by atoms with van der Waals surface area (Å²) >= 11 is 0. The van der Waals surface area contributed by atoms with Gasteiger partial charge in [-0.2, -0.15) is 5.10 Å². The number of H-pyrrole nitrogens is 1. The van der Waals surface area contributed by atoms with Crippen molar-refractivity contribution in [2.24, 2.45) is 0 Å². The average Bonchev–Trinajstić information content (AvgIpc) is 3.16. The lowest BCUT2D eigenvalue weighted by Crippen LogP contribution is -2.50. The van der Waals surface area contributed by atoms with Gasteiger partial charge in [-0.05, 0) is 18.9 Å². The van der Waals surface area contributed by atoms with Gasteiger partial charge in [-0.3, -0.25) is 14.7 Å². The molecule has 1 aliphatic carbocycles. The number of aromatic amines is 1. The lowest BCUT2D eigenvalue weighted by Gasteiger charge is -2.33. The van der Waals surface area contributed by atoms with Crippen molar-refractivity contribution in [2.75, 3.05) is 26.2 Å². The molecule has 0 atom stereocenters. The number of carbonyl (C=O) groups is 2. The third-order valence-electron chi connectivity index (χ3n) is 3.85. The Balaban J connectivity index is 1.62. The molecule has 3 rings (SSSR count). The van der Waals surface area contributed by atoms with E-state index in [0.717, 1.165) is 5.69 Å². The van der Waals surface area contributed by atoms with E-state index in [2.05, 4.69) is 10.2 Å². The van der Waals surface area contributed by atoms with Crippen LogP contribution in [0.2, 0.25) is 0 Å². The molecule has 0 unspecified atom stereocenters. The first-order valence-corrected chi connectivity index (χ1v) is 6.75. The van der Waals surface area contributed by atoms with Crippen LogP contribution < -0.4 is 0 Å². The quantitative estimate of drug-likeness (QED) is 0.848. The predicted octanol–water partition coefficient (Wildman–Crippen LogP) is 0.591. The first-order valence-electron chi connectivity index (χ1n) is 6.75. The number of hydrogen-bond acceptors (Lipinski definition) is 3. The summed E-state index contributed by atoms with van der Waals surface area (Å²) in [7, 11) is 0. The number of carbonyl (C=O) groups excluding carboxylic acids is 2. The van der Waals surface area contributed by atoms with Gasteiger partial charge in [0.25, 0.3) is 5.91 Å². The Morgan fingerprint density at radius 3 is 2.42 bits per heavy atom. The van der Waals surface area contributed by atoms with Gasteiger partial charge in [0.05, 0.1) is 0 Å². The molecular weight excluding hydrogens is 244 g/mol. The second-order valence-corrected chi connectivity index (χ2v) is 5.28. The summed E-state index contributed by atoms with van der Waals surface area (Å²) in [4.78, 5) is 27.0. The first kappa shape index (κ1) is 12.2.